The zero-order valence-corrected chi connectivity index (χ0v) is 11.0. The van der Waals surface area contributed by atoms with Gasteiger partial charge in [0.2, 0.25) is 0 Å². The minimum atomic E-state index is -3.66. The van der Waals surface area contributed by atoms with E-state index in [1.807, 2.05) is 0 Å². The standard InChI is InChI=1S/C10H20N2O4S/c1-3-9(10(13)14)11-17(15,16)12-6-4-8(2)5-7-12/h8-9,11H,3-7H2,1-2H3,(H,13,14). The Kier molecular flexibility index (Phi) is 4.91. The van der Waals surface area contributed by atoms with Gasteiger partial charge in [-0.3, -0.25) is 4.79 Å². The Labute approximate surface area is 102 Å². The van der Waals surface area contributed by atoms with Crippen molar-refractivity contribution in [3.05, 3.63) is 0 Å². The highest BCUT2D eigenvalue weighted by molar-refractivity contribution is 7.87. The highest BCUT2D eigenvalue weighted by Gasteiger charge is 2.30. The fourth-order valence-corrected chi connectivity index (χ4v) is 3.26. The van der Waals surface area contributed by atoms with Gasteiger partial charge in [-0.1, -0.05) is 13.8 Å². The molecule has 1 heterocycles. The third-order valence-corrected chi connectivity index (χ3v) is 4.71. The van der Waals surface area contributed by atoms with Crippen molar-refractivity contribution in [2.75, 3.05) is 13.1 Å². The lowest BCUT2D eigenvalue weighted by atomic mass is 10.0. The van der Waals surface area contributed by atoms with Crippen LogP contribution in [0.5, 0.6) is 0 Å². The van der Waals surface area contributed by atoms with Gasteiger partial charge in [-0.2, -0.15) is 17.4 Å². The molecule has 0 aliphatic carbocycles. The molecular weight excluding hydrogens is 244 g/mol. The van der Waals surface area contributed by atoms with Gasteiger partial charge in [-0.05, 0) is 25.2 Å². The van der Waals surface area contributed by atoms with E-state index in [2.05, 4.69) is 11.6 Å². The Morgan fingerprint density at radius 1 is 1.47 bits per heavy atom. The van der Waals surface area contributed by atoms with Crippen molar-refractivity contribution < 1.29 is 18.3 Å². The molecule has 1 saturated heterocycles. The Morgan fingerprint density at radius 2 is 2.00 bits per heavy atom. The van der Waals surface area contributed by atoms with Gasteiger partial charge in [0.1, 0.15) is 6.04 Å². The smallest absolute Gasteiger partial charge is 0.321 e. The molecule has 0 bridgehead atoms. The van der Waals surface area contributed by atoms with Gasteiger partial charge in [-0.25, -0.2) is 0 Å². The maximum absolute atomic E-state index is 11.9. The fourth-order valence-electron chi connectivity index (χ4n) is 1.79. The van der Waals surface area contributed by atoms with E-state index >= 15 is 0 Å². The summed E-state index contributed by atoms with van der Waals surface area (Å²) < 4.78 is 27.4. The molecule has 2 N–H and O–H groups in total. The molecule has 1 atom stereocenters. The molecule has 17 heavy (non-hydrogen) atoms. The summed E-state index contributed by atoms with van der Waals surface area (Å²) in [6.45, 7) is 4.65. The summed E-state index contributed by atoms with van der Waals surface area (Å²) in [4.78, 5) is 10.8. The summed E-state index contributed by atoms with van der Waals surface area (Å²) in [5.41, 5.74) is 0. The predicted molar refractivity (Wildman–Crippen MR) is 63.7 cm³/mol. The molecule has 0 aromatic carbocycles. The monoisotopic (exact) mass is 264 g/mol. The van der Waals surface area contributed by atoms with Crippen LogP contribution in [0.1, 0.15) is 33.1 Å². The van der Waals surface area contributed by atoms with Crippen LogP contribution in [0.25, 0.3) is 0 Å². The molecule has 1 aliphatic heterocycles. The first kappa shape index (κ1) is 14.4. The van der Waals surface area contributed by atoms with Crippen molar-refractivity contribution in [1.82, 2.24) is 9.03 Å². The number of piperidine rings is 1. The van der Waals surface area contributed by atoms with E-state index < -0.39 is 22.2 Å². The van der Waals surface area contributed by atoms with Crippen molar-refractivity contribution in [2.45, 2.75) is 39.2 Å². The first-order valence-electron chi connectivity index (χ1n) is 5.87. The van der Waals surface area contributed by atoms with Gasteiger partial charge < -0.3 is 5.11 Å². The van der Waals surface area contributed by atoms with Gasteiger partial charge in [0.15, 0.2) is 0 Å². The lowest BCUT2D eigenvalue weighted by Gasteiger charge is -2.30. The first-order valence-corrected chi connectivity index (χ1v) is 7.31. The number of rotatable bonds is 5. The number of nitrogens with one attached hydrogen (secondary N) is 1. The number of carbonyl (C=O) groups is 1. The van der Waals surface area contributed by atoms with Crippen LogP contribution in [0.4, 0.5) is 0 Å². The number of carboxylic acid groups (broad SMARTS) is 1. The van der Waals surface area contributed by atoms with Crippen LogP contribution in [0, 0.1) is 5.92 Å². The summed E-state index contributed by atoms with van der Waals surface area (Å²) in [6, 6.07) is -1.04. The minimum absolute atomic E-state index is 0.235. The number of carboxylic acids is 1. The average molecular weight is 264 g/mol. The van der Waals surface area contributed by atoms with E-state index in [1.54, 1.807) is 6.92 Å². The van der Waals surface area contributed by atoms with E-state index in [9.17, 15) is 13.2 Å². The molecule has 1 fully saturated rings. The summed E-state index contributed by atoms with van der Waals surface area (Å²) in [7, 11) is -3.66. The quantitative estimate of drug-likeness (QED) is 0.753. The van der Waals surface area contributed by atoms with Crippen LogP contribution in [0.15, 0.2) is 0 Å². The summed E-state index contributed by atoms with van der Waals surface area (Å²) in [5, 5.41) is 8.83. The Balaban J connectivity index is 2.65. The van der Waals surface area contributed by atoms with E-state index in [-0.39, 0.29) is 6.42 Å². The van der Waals surface area contributed by atoms with Crippen LogP contribution in [0.3, 0.4) is 0 Å². The molecule has 1 rings (SSSR count). The molecule has 1 unspecified atom stereocenters. The van der Waals surface area contributed by atoms with Crippen molar-refractivity contribution in [3.63, 3.8) is 0 Å². The van der Waals surface area contributed by atoms with Crippen LogP contribution in [-0.4, -0.2) is 42.9 Å². The van der Waals surface area contributed by atoms with Gasteiger partial charge >= 0.3 is 5.97 Å². The molecule has 0 spiro atoms. The maximum Gasteiger partial charge on any atom is 0.321 e. The second-order valence-electron chi connectivity index (χ2n) is 4.50. The predicted octanol–water partition coefficient (Wildman–Crippen LogP) is 0.416. The largest absolute Gasteiger partial charge is 0.480 e. The van der Waals surface area contributed by atoms with Gasteiger partial charge in [0.25, 0.3) is 10.2 Å². The van der Waals surface area contributed by atoms with E-state index in [1.165, 1.54) is 4.31 Å². The molecule has 100 valence electrons. The Morgan fingerprint density at radius 3 is 2.41 bits per heavy atom. The van der Waals surface area contributed by atoms with Gasteiger partial charge in [-0.15, -0.1) is 0 Å². The van der Waals surface area contributed by atoms with E-state index in [4.69, 9.17) is 5.11 Å². The molecule has 0 saturated carbocycles. The van der Waals surface area contributed by atoms with Crippen LogP contribution >= 0.6 is 0 Å². The number of nitrogens with zero attached hydrogens (tertiary/aromatic N) is 1. The van der Waals surface area contributed by atoms with Crippen molar-refractivity contribution in [3.8, 4) is 0 Å². The van der Waals surface area contributed by atoms with Crippen LogP contribution in [0.2, 0.25) is 0 Å². The molecule has 0 amide bonds. The Hall–Kier alpha value is -0.660. The molecule has 0 aromatic rings. The second kappa shape index (κ2) is 5.79. The summed E-state index contributed by atoms with van der Waals surface area (Å²) in [6.07, 6.45) is 1.88. The molecular formula is C10H20N2O4S. The van der Waals surface area contributed by atoms with Gasteiger partial charge in [0.05, 0.1) is 0 Å². The average Bonchev–Trinajstić information content (AvgIpc) is 2.26. The first-order chi connectivity index (χ1) is 7.86. The van der Waals surface area contributed by atoms with Crippen molar-refractivity contribution in [2.24, 2.45) is 5.92 Å². The Bertz CT molecular complexity index is 361. The zero-order valence-electron chi connectivity index (χ0n) is 10.2. The normalized spacial score (nSPS) is 21.3. The zero-order chi connectivity index (χ0) is 13.1. The van der Waals surface area contributed by atoms with Crippen LogP contribution in [-0.2, 0) is 15.0 Å². The van der Waals surface area contributed by atoms with Crippen molar-refractivity contribution >= 4 is 16.2 Å². The van der Waals surface area contributed by atoms with Gasteiger partial charge in [0, 0.05) is 13.1 Å². The van der Waals surface area contributed by atoms with Crippen LogP contribution < -0.4 is 4.72 Å². The van der Waals surface area contributed by atoms with E-state index in [0.717, 1.165) is 12.8 Å². The molecule has 0 radical (unpaired) electrons. The number of hydrogen-bond donors (Lipinski definition) is 2. The van der Waals surface area contributed by atoms with E-state index in [0.29, 0.717) is 19.0 Å². The second-order valence-corrected chi connectivity index (χ2v) is 6.21. The summed E-state index contributed by atoms with van der Waals surface area (Å²) >= 11 is 0. The summed E-state index contributed by atoms with van der Waals surface area (Å²) in [5.74, 6) is -0.607. The lowest BCUT2D eigenvalue weighted by Crippen LogP contribution is -2.50. The highest BCUT2D eigenvalue weighted by Crippen LogP contribution is 2.18. The molecule has 1 aliphatic rings. The molecule has 6 nitrogen and oxygen atoms in total. The topological polar surface area (TPSA) is 86.7 Å². The van der Waals surface area contributed by atoms with Crippen molar-refractivity contribution in [1.29, 1.82) is 0 Å². The lowest BCUT2D eigenvalue weighted by molar-refractivity contribution is -0.139. The third-order valence-electron chi connectivity index (χ3n) is 3.08. The highest BCUT2D eigenvalue weighted by atomic mass is 32.2. The number of aliphatic carboxylic acids is 1. The molecule has 7 heteroatoms. The SMILES string of the molecule is CCC(NS(=O)(=O)N1CCC(C)CC1)C(=O)O. The number of hydrogen-bond acceptors (Lipinski definition) is 3. The minimum Gasteiger partial charge on any atom is -0.480 e. The maximum atomic E-state index is 11.9. The fraction of sp³-hybridized carbons (Fsp3) is 0.900. The molecule has 0 aromatic heterocycles. The third kappa shape index (κ3) is 3.93.